The fourth-order valence-electron chi connectivity index (χ4n) is 1.63. The van der Waals surface area contributed by atoms with Gasteiger partial charge in [-0.3, -0.25) is 9.78 Å². The summed E-state index contributed by atoms with van der Waals surface area (Å²) in [6.07, 6.45) is 3.00. The van der Waals surface area contributed by atoms with Crippen LogP contribution in [0.1, 0.15) is 39.1 Å². The van der Waals surface area contributed by atoms with Crippen LogP contribution in [-0.2, 0) is 4.74 Å². The van der Waals surface area contributed by atoms with Crippen molar-refractivity contribution >= 4 is 11.8 Å². The van der Waals surface area contributed by atoms with Crippen LogP contribution in [0.15, 0.2) is 29.0 Å². The fraction of sp³-hybridized carbons (Fsp3) is 0.231. The Morgan fingerprint density at radius 1 is 1.32 bits per heavy atom. The summed E-state index contributed by atoms with van der Waals surface area (Å²) in [6.45, 7) is 3.45. The molecule has 6 heteroatoms. The monoisotopic (exact) mass is 260 g/mol. The Hall–Kier alpha value is -2.50. The van der Waals surface area contributed by atoms with Gasteiger partial charge in [-0.1, -0.05) is 5.16 Å². The minimum atomic E-state index is -0.670. The van der Waals surface area contributed by atoms with E-state index in [1.165, 1.54) is 12.4 Å². The van der Waals surface area contributed by atoms with E-state index in [1.54, 1.807) is 26.0 Å². The molecule has 2 aromatic heterocycles. The van der Waals surface area contributed by atoms with E-state index >= 15 is 0 Å². The maximum Gasteiger partial charge on any atom is 0.361 e. The number of rotatable bonds is 4. The highest BCUT2D eigenvalue weighted by molar-refractivity contribution is 6.14. The van der Waals surface area contributed by atoms with Gasteiger partial charge in [0.05, 0.1) is 12.2 Å². The lowest BCUT2D eigenvalue weighted by Crippen LogP contribution is -2.12. The SMILES string of the molecule is CCOC(=O)c1noc(C)c1C(=O)c1ccncc1. The zero-order valence-electron chi connectivity index (χ0n) is 10.5. The molecule has 0 bridgehead atoms. The van der Waals surface area contributed by atoms with Crippen LogP contribution >= 0.6 is 0 Å². The fourth-order valence-corrected chi connectivity index (χ4v) is 1.63. The molecule has 6 nitrogen and oxygen atoms in total. The maximum atomic E-state index is 12.3. The largest absolute Gasteiger partial charge is 0.461 e. The highest BCUT2D eigenvalue weighted by atomic mass is 16.5. The summed E-state index contributed by atoms with van der Waals surface area (Å²) < 4.78 is 9.76. The average Bonchev–Trinajstić information content (AvgIpc) is 2.81. The number of ether oxygens (including phenoxy) is 1. The third kappa shape index (κ3) is 2.52. The molecule has 0 aliphatic heterocycles. The van der Waals surface area contributed by atoms with Crippen molar-refractivity contribution in [3.63, 3.8) is 0 Å². The van der Waals surface area contributed by atoms with Crippen LogP contribution < -0.4 is 0 Å². The van der Waals surface area contributed by atoms with Gasteiger partial charge in [0.1, 0.15) is 5.76 Å². The summed E-state index contributed by atoms with van der Waals surface area (Å²) in [4.78, 5) is 27.9. The summed E-state index contributed by atoms with van der Waals surface area (Å²) in [5, 5.41) is 3.59. The van der Waals surface area contributed by atoms with E-state index in [-0.39, 0.29) is 29.4 Å². The van der Waals surface area contributed by atoms with Crippen molar-refractivity contribution < 1.29 is 18.8 Å². The summed E-state index contributed by atoms with van der Waals surface area (Å²) in [6, 6.07) is 3.12. The van der Waals surface area contributed by atoms with E-state index in [4.69, 9.17) is 9.26 Å². The molecule has 0 saturated carbocycles. The van der Waals surface area contributed by atoms with Gasteiger partial charge in [0.2, 0.25) is 5.69 Å². The van der Waals surface area contributed by atoms with Gasteiger partial charge in [-0.15, -0.1) is 0 Å². The van der Waals surface area contributed by atoms with Gasteiger partial charge < -0.3 is 9.26 Å². The van der Waals surface area contributed by atoms with Gasteiger partial charge in [0, 0.05) is 18.0 Å². The van der Waals surface area contributed by atoms with Crippen molar-refractivity contribution in [1.82, 2.24) is 10.1 Å². The summed E-state index contributed by atoms with van der Waals surface area (Å²) in [5.74, 6) is -0.731. The number of ketones is 1. The molecule has 0 saturated heterocycles. The number of carbonyl (C=O) groups is 2. The van der Waals surface area contributed by atoms with Crippen LogP contribution in [0.5, 0.6) is 0 Å². The molecular weight excluding hydrogens is 248 g/mol. The molecule has 2 heterocycles. The molecule has 0 amide bonds. The first-order valence-electron chi connectivity index (χ1n) is 5.73. The van der Waals surface area contributed by atoms with E-state index in [0.29, 0.717) is 5.56 Å². The predicted molar refractivity (Wildman–Crippen MR) is 64.9 cm³/mol. The lowest BCUT2D eigenvalue weighted by molar-refractivity contribution is 0.0512. The Labute approximate surface area is 109 Å². The Bertz CT molecular complexity index is 604. The molecule has 2 aromatic rings. The number of nitrogens with zero attached hydrogens (tertiary/aromatic N) is 2. The van der Waals surface area contributed by atoms with Gasteiger partial charge in [-0.05, 0) is 26.0 Å². The molecule has 98 valence electrons. The number of pyridine rings is 1. The molecule has 0 aliphatic rings. The second kappa shape index (κ2) is 5.43. The lowest BCUT2D eigenvalue weighted by atomic mass is 10.0. The van der Waals surface area contributed by atoms with E-state index < -0.39 is 5.97 Å². The van der Waals surface area contributed by atoms with Crippen molar-refractivity contribution in [2.24, 2.45) is 0 Å². The Morgan fingerprint density at radius 2 is 2.00 bits per heavy atom. The number of aryl methyl sites for hydroxylation is 1. The third-order valence-corrected chi connectivity index (χ3v) is 2.50. The topological polar surface area (TPSA) is 82.3 Å². The van der Waals surface area contributed by atoms with Gasteiger partial charge in [-0.25, -0.2) is 4.79 Å². The number of carbonyl (C=O) groups excluding carboxylic acids is 2. The first-order chi connectivity index (χ1) is 9.15. The maximum absolute atomic E-state index is 12.3. The zero-order chi connectivity index (χ0) is 13.8. The average molecular weight is 260 g/mol. The molecule has 0 atom stereocenters. The second-order valence-electron chi connectivity index (χ2n) is 3.75. The summed E-state index contributed by atoms with van der Waals surface area (Å²) in [7, 11) is 0. The Morgan fingerprint density at radius 3 is 2.63 bits per heavy atom. The van der Waals surface area contributed by atoms with Crippen molar-refractivity contribution in [3.8, 4) is 0 Å². The van der Waals surface area contributed by atoms with Crippen molar-refractivity contribution in [2.75, 3.05) is 6.61 Å². The van der Waals surface area contributed by atoms with Crippen LogP contribution in [0.3, 0.4) is 0 Å². The molecule has 0 N–H and O–H groups in total. The number of hydrogen-bond acceptors (Lipinski definition) is 6. The second-order valence-corrected chi connectivity index (χ2v) is 3.75. The van der Waals surface area contributed by atoms with Crippen LogP contribution in [0, 0.1) is 6.92 Å². The third-order valence-electron chi connectivity index (χ3n) is 2.50. The highest BCUT2D eigenvalue weighted by Crippen LogP contribution is 2.18. The Balaban J connectivity index is 2.42. The van der Waals surface area contributed by atoms with E-state index in [1.807, 2.05) is 0 Å². The van der Waals surface area contributed by atoms with E-state index in [0.717, 1.165) is 0 Å². The smallest absolute Gasteiger partial charge is 0.361 e. The minimum absolute atomic E-state index is 0.0961. The molecule has 0 fully saturated rings. The van der Waals surface area contributed by atoms with Gasteiger partial charge in [0.25, 0.3) is 0 Å². The molecule has 2 rings (SSSR count). The standard InChI is InChI=1S/C13H12N2O4/c1-3-18-13(17)11-10(8(2)19-15-11)12(16)9-4-6-14-7-5-9/h4-7H,3H2,1-2H3. The number of hydrogen-bond donors (Lipinski definition) is 0. The van der Waals surface area contributed by atoms with Gasteiger partial charge >= 0.3 is 5.97 Å². The quantitative estimate of drug-likeness (QED) is 0.615. The number of esters is 1. The van der Waals surface area contributed by atoms with Gasteiger partial charge in [0.15, 0.2) is 5.78 Å². The molecule has 0 unspecified atom stereocenters. The van der Waals surface area contributed by atoms with Crippen molar-refractivity contribution in [3.05, 3.63) is 47.1 Å². The van der Waals surface area contributed by atoms with Crippen LogP contribution in [0.4, 0.5) is 0 Å². The van der Waals surface area contributed by atoms with E-state index in [2.05, 4.69) is 10.1 Å². The van der Waals surface area contributed by atoms with Crippen LogP contribution in [-0.4, -0.2) is 28.5 Å². The highest BCUT2D eigenvalue weighted by Gasteiger charge is 2.26. The summed E-state index contributed by atoms with van der Waals surface area (Å²) in [5.41, 5.74) is 0.442. The lowest BCUT2D eigenvalue weighted by Gasteiger charge is -2.01. The minimum Gasteiger partial charge on any atom is -0.461 e. The zero-order valence-corrected chi connectivity index (χ0v) is 10.5. The first kappa shape index (κ1) is 12.9. The van der Waals surface area contributed by atoms with Crippen molar-refractivity contribution in [1.29, 1.82) is 0 Å². The number of aromatic nitrogens is 2. The first-order valence-corrected chi connectivity index (χ1v) is 5.73. The molecule has 0 radical (unpaired) electrons. The van der Waals surface area contributed by atoms with Crippen LogP contribution in [0.25, 0.3) is 0 Å². The van der Waals surface area contributed by atoms with Crippen molar-refractivity contribution in [2.45, 2.75) is 13.8 Å². The Kier molecular flexibility index (Phi) is 3.70. The molecule has 0 aromatic carbocycles. The normalized spacial score (nSPS) is 10.2. The van der Waals surface area contributed by atoms with Gasteiger partial charge in [-0.2, -0.15) is 0 Å². The molecule has 19 heavy (non-hydrogen) atoms. The van der Waals surface area contributed by atoms with E-state index in [9.17, 15) is 9.59 Å². The molecule has 0 aliphatic carbocycles. The molecular formula is C13H12N2O4. The molecule has 0 spiro atoms. The summed E-state index contributed by atoms with van der Waals surface area (Å²) >= 11 is 0. The van der Waals surface area contributed by atoms with Crippen LogP contribution in [0.2, 0.25) is 0 Å². The predicted octanol–water partition coefficient (Wildman–Crippen LogP) is 1.79.